The predicted molar refractivity (Wildman–Crippen MR) is 67.0 cm³/mol. The molecule has 0 aliphatic rings. The van der Waals surface area contributed by atoms with Crippen LogP contribution in [0.4, 0.5) is 5.69 Å². The van der Waals surface area contributed by atoms with E-state index in [1.807, 2.05) is 30.3 Å². The number of fused-ring (bicyclic) bond motifs is 1. The SMILES string of the molecule is Nc1cnc2nc(COc3ccccc3)oc2c1. The summed E-state index contributed by atoms with van der Waals surface area (Å²) in [5.74, 6) is 1.25. The molecule has 0 atom stereocenters. The minimum atomic E-state index is 0.264. The van der Waals surface area contributed by atoms with Crippen LogP contribution < -0.4 is 10.5 Å². The van der Waals surface area contributed by atoms with Crippen molar-refractivity contribution in [2.45, 2.75) is 6.61 Å². The summed E-state index contributed by atoms with van der Waals surface area (Å²) >= 11 is 0. The number of nitrogens with two attached hydrogens (primary N) is 1. The molecule has 0 aliphatic carbocycles. The van der Waals surface area contributed by atoms with Crippen molar-refractivity contribution >= 4 is 16.9 Å². The van der Waals surface area contributed by atoms with Crippen molar-refractivity contribution in [2.75, 3.05) is 5.73 Å². The lowest BCUT2D eigenvalue weighted by Crippen LogP contribution is -1.94. The molecule has 5 heteroatoms. The number of oxazole rings is 1. The van der Waals surface area contributed by atoms with Crippen molar-refractivity contribution in [3.05, 3.63) is 48.5 Å². The van der Waals surface area contributed by atoms with E-state index in [9.17, 15) is 0 Å². The maximum Gasteiger partial charge on any atom is 0.235 e. The van der Waals surface area contributed by atoms with Gasteiger partial charge in [0.05, 0.1) is 11.9 Å². The molecule has 0 spiro atoms. The molecule has 5 nitrogen and oxygen atoms in total. The van der Waals surface area contributed by atoms with Crippen LogP contribution in [0.1, 0.15) is 5.89 Å². The summed E-state index contributed by atoms with van der Waals surface area (Å²) in [4.78, 5) is 8.28. The predicted octanol–water partition coefficient (Wildman–Crippen LogP) is 2.38. The van der Waals surface area contributed by atoms with E-state index in [0.29, 0.717) is 22.8 Å². The van der Waals surface area contributed by atoms with Gasteiger partial charge >= 0.3 is 0 Å². The van der Waals surface area contributed by atoms with E-state index in [-0.39, 0.29) is 6.61 Å². The number of hydrogen-bond donors (Lipinski definition) is 1. The van der Waals surface area contributed by atoms with Crippen LogP contribution in [-0.4, -0.2) is 9.97 Å². The highest BCUT2D eigenvalue weighted by molar-refractivity contribution is 5.71. The Morgan fingerprint density at radius 1 is 1.22 bits per heavy atom. The van der Waals surface area contributed by atoms with Crippen LogP contribution in [0.2, 0.25) is 0 Å². The molecule has 0 saturated carbocycles. The van der Waals surface area contributed by atoms with Crippen molar-refractivity contribution < 1.29 is 9.15 Å². The number of nitrogen functional groups attached to an aromatic ring is 1. The third-order valence-corrected chi connectivity index (χ3v) is 2.42. The van der Waals surface area contributed by atoms with Gasteiger partial charge in [-0.25, -0.2) is 4.98 Å². The van der Waals surface area contributed by atoms with Gasteiger partial charge in [0.15, 0.2) is 17.8 Å². The first kappa shape index (κ1) is 10.6. The van der Waals surface area contributed by atoms with E-state index in [1.165, 1.54) is 0 Å². The normalized spacial score (nSPS) is 10.7. The highest BCUT2D eigenvalue weighted by Crippen LogP contribution is 2.17. The van der Waals surface area contributed by atoms with Gasteiger partial charge in [-0.2, -0.15) is 4.98 Å². The Kier molecular flexibility index (Phi) is 2.57. The number of rotatable bonds is 3. The lowest BCUT2D eigenvalue weighted by molar-refractivity contribution is 0.267. The van der Waals surface area contributed by atoms with Crippen molar-refractivity contribution in [3.63, 3.8) is 0 Å². The number of benzene rings is 1. The third-order valence-electron chi connectivity index (χ3n) is 2.42. The summed E-state index contributed by atoms with van der Waals surface area (Å²) in [6, 6.07) is 11.2. The maximum atomic E-state index is 5.62. The van der Waals surface area contributed by atoms with Crippen LogP contribution in [0.3, 0.4) is 0 Å². The lowest BCUT2D eigenvalue weighted by atomic mass is 10.3. The molecule has 0 unspecified atom stereocenters. The van der Waals surface area contributed by atoms with Crippen molar-refractivity contribution in [1.82, 2.24) is 9.97 Å². The smallest absolute Gasteiger partial charge is 0.235 e. The molecular weight excluding hydrogens is 230 g/mol. The van der Waals surface area contributed by atoms with Gasteiger partial charge in [0, 0.05) is 6.07 Å². The van der Waals surface area contributed by atoms with Gasteiger partial charge in [-0.15, -0.1) is 0 Å². The van der Waals surface area contributed by atoms with Crippen molar-refractivity contribution in [3.8, 4) is 5.75 Å². The minimum absolute atomic E-state index is 0.264. The number of aromatic nitrogens is 2. The summed E-state index contributed by atoms with van der Waals surface area (Å²) in [7, 11) is 0. The summed E-state index contributed by atoms with van der Waals surface area (Å²) < 4.78 is 11.0. The number of anilines is 1. The molecule has 0 saturated heterocycles. The first-order valence-corrected chi connectivity index (χ1v) is 5.50. The molecule has 3 rings (SSSR count). The van der Waals surface area contributed by atoms with Crippen LogP contribution in [0.25, 0.3) is 11.2 Å². The third kappa shape index (κ3) is 2.10. The second-order valence-electron chi connectivity index (χ2n) is 3.80. The zero-order chi connectivity index (χ0) is 12.4. The minimum Gasteiger partial charge on any atom is -0.484 e. The fraction of sp³-hybridized carbons (Fsp3) is 0.0769. The molecule has 3 aromatic rings. The number of hydrogen-bond acceptors (Lipinski definition) is 5. The largest absolute Gasteiger partial charge is 0.484 e. The topological polar surface area (TPSA) is 74.2 Å². The Labute approximate surface area is 103 Å². The fourth-order valence-corrected chi connectivity index (χ4v) is 1.60. The number of nitrogens with zero attached hydrogens (tertiary/aromatic N) is 2. The quantitative estimate of drug-likeness (QED) is 0.762. The van der Waals surface area contributed by atoms with Gasteiger partial charge in [0.2, 0.25) is 5.89 Å². The Bertz CT molecular complexity index is 664. The van der Waals surface area contributed by atoms with E-state index in [2.05, 4.69) is 9.97 Å². The standard InChI is InChI=1S/C13H11N3O2/c14-9-6-11-13(15-7-9)16-12(18-11)8-17-10-4-2-1-3-5-10/h1-7H,8,14H2. The van der Waals surface area contributed by atoms with Crippen LogP contribution in [0.15, 0.2) is 47.0 Å². The molecule has 2 aromatic heterocycles. The van der Waals surface area contributed by atoms with Gasteiger partial charge in [-0.05, 0) is 12.1 Å². The Hall–Kier alpha value is -2.56. The van der Waals surface area contributed by atoms with Gasteiger partial charge in [0.25, 0.3) is 0 Å². The van der Waals surface area contributed by atoms with E-state index >= 15 is 0 Å². The van der Waals surface area contributed by atoms with Crippen LogP contribution in [-0.2, 0) is 6.61 Å². The molecule has 0 aliphatic heterocycles. The van der Waals surface area contributed by atoms with E-state index in [0.717, 1.165) is 5.75 Å². The van der Waals surface area contributed by atoms with Crippen LogP contribution in [0, 0.1) is 0 Å². The van der Waals surface area contributed by atoms with E-state index in [4.69, 9.17) is 14.9 Å². The maximum absolute atomic E-state index is 5.62. The first-order chi connectivity index (χ1) is 8.81. The summed E-state index contributed by atoms with van der Waals surface area (Å²) in [5.41, 5.74) is 7.28. The zero-order valence-electron chi connectivity index (χ0n) is 9.54. The first-order valence-electron chi connectivity index (χ1n) is 5.50. The van der Waals surface area contributed by atoms with Gasteiger partial charge in [0.1, 0.15) is 5.75 Å². The molecule has 1 aromatic carbocycles. The molecule has 90 valence electrons. The Morgan fingerprint density at radius 2 is 2.06 bits per heavy atom. The average Bonchev–Trinajstić information content (AvgIpc) is 2.79. The molecule has 0 fully saturated rings. The molecule has 0 amide bonds. The summed E-state index contributed by atoms with van der Waals surface area (Å²) in [6.07, 6.45) is 1.55. The number of ether oxygens (including phenoxy) is 1. The Morgan fingerprint density at radius 3 is 2.89 bits per heavy atom. The molecular formula is C13H11N3O2. The van der Waals surface area contributed by atoms with Gasteiger partial charge < -0.3 is 14.9 Å². The van der Waals surface area contributed by atoms with Gasteiger partial charge in [-0.1, -0.05) is 18.2 Å². The molecule has 0 bridgehead atoms. The molecule has 0 radical (unpaired) electrons. The average molecular weight is 241 g/mol. The highest BCUT2D eigenvalue weighted by atomic mass is 16.5. The van der Waals surface area contributed by atoms with Crippen LogP contribution in [0.5, 0.6) is 5.75 Å². The van der Waals surface area contributed by atoms with Crippen molar-refractivity contribution in [1.29, 1.82) is 0 Å². The second-order valence-corrected chi connectivity index (χ2v) is 3.80. The van der Waals surface area contributed by atoms with Gasteiger partial charge in [-0.3, -0.25) is 0 Å². The monoisotopic (exact) mass is 241 g/mol. The summed E-state index contributed by atoms with van der Waals surface area (Å²) in [5, 5.41) is 0. The van der Waals surface area contributed by atoms with Crippen molar-refractivity contribution in [2.24, 2.45) is 0 Å². The Balaban J connectivity index is 1.79. The second kappa shape index (κ2) is 4.37. The summed E-state index contributed by atoms with van der Waals surface area (Å²) in [6.45, 7) is 0.264. The highest BCUT2D eigenvalue weighted by Gasteiger charge is 2.07. The molecule has 2 N–H and O–H groups in total. The molecule has 18 heavy (non-hydrogen) atoms. The van der Waals surface area contributed by atoms with E-state index in [1.54, 1.807) is 12.3 Å². The molecule has 2 heterocycles. The number of para-hydroxylation sites is 1. The van der Waals surface area contributed by atoms with Crippen LogP contribution >= 0.6 is 0 Å². The number of pyridine rings is 1. The lowest BCUT2D eigenvalue weighted by Gasteiger charge is -2.01. The zero-order valence-corrected chi connectivity index (χ0v) is 9.54. The van der Waals surface area contributed by atoms with E-state index < -0.39 is 0 Å². The fourth-order valence-electron chi connectivity index (χ4n) is 1.60.